The van der Waals surface area contributed by atoms with Crippen LogP contribution in [0.3, 0.4) is 0 Å². The molecule has 1 heterocycles. The van der Waals surface area contributed by atoms with Gasteiger partial charge in [-0.15, -0.1) is 0 Å². The number of carbonyl (C=O) groups excluding carboxylic acids is 2. The molecule has 19 heavy (non-hydrogen) atoms. The highest BCUT2D eigenvalue weighted by atomic mass is 16.5. The Morgan fingerprint density at radius 1 is 1.37 bits per heavy atom. The minimum atomic E-state index is -0.227. The summed E-state index contributed by atoms with van der Waals surface area (Å²) in [5, 5.41) is 0. The monoisotopic (exact) mass is 262 g/mol. The number of para-hydroxylation sites is 2. The summed E-state index contributed by atoms with van der Waals surface area (Å²) >= 11 is 0. The van der Waals surface area contributed by atoms with Crippen LogP contribution in [0.4, 0.5) is 11.4 Å². The molecule has 1 aromatic rings. The van der Waals surface area contributed by atoms with Crippen LogP contribution < -0.4 is 9.80 Å². The Balaban J connectivity index is 2.44. The van der Waals surface area contributed by atoms with Gasteiger partial charge in [-0.25, -0.2) is 0 Å². The molecule has 1 aliphatic rings. The van der Waals surface area contributed by atoms with Crippen molar-refractivity contribution in [1.82, 2.24) is 0 Å². The van der Waals surface area contributed by atoms with Gasteiger partial charge in [0.2, 0.25) is 12.3 Å². The van der Waals surface area contributed by atoms with E-state index in [9.17, 15) is 9.59 Å². The molecule has 1 unspecified atom stereocenters. The van der Waals surface area contributed by atoms with Gasteiger partial charge in [0.15, 0.2) is 0 Å². The zero-order valence-corrected chi connectivity index (χ0v) is 11.2. The second-order valence-electron chi connectivity index (χ2n) is 4.63. The fourth-order valence-corrected chi connectivity index (χ4v) is 2.30. The van der Waals surface area contributed by atoms with E-state index >= 15 is 0 Å². The smallest absolute Gasteiger partial charge is 0.231 e. The van der Waals surface area contributed by atoms with Gasteiger partial charge in [0.25, 0.3) is 0 Å². The minimum absolute atomic E-state index is 0.0221. The molecule has 1 aliphatic heterocycles. The standard InChI is InChI=1S/C14H18N2O3/c1-11-9-15(10-17)12-5-3-4-6-13(12)16(14(11)18)7-8-19-2/h3-6,10-11H,7-9H2,1-2H3. The van der Waals surface area contributed by atoms with E-state index in [2.05, 4.69) is 0 Å². The van der Waals surface area contributed by atoms with Gasteiger partial charge in [-0.3, -0.25) is 9.59 Å². The van der Waals surface area contributed by atoms with Gasteiger partial charge >= 0.3 is 0 Å². The van der Waals surface area contributed by atoms with E-state index in [0.717, 1.165) is 17.8 Å². The third-order valence-corrected chi connectivity index (χ3v) is 3.29. The SMILES string of the molecule is COCCN1C(=O)C(C)CN(C=O)c2ccccc21. The van der Waals surface area contributed by atoms with Crippen LogP contribution in [0, 0.1) is 5.92 Å². The lowest BCUT2D eigenvalue weighted by molar-refractivity contribution is -0.121. The van der Waals surface area contributed by atoms with E-state index in [1.165, 1.54) is 0 Å². The number of benzene rings is 1. The molecule has 0 bridgehead atoms. The maximum Gasteiger partial charge on any atom is 0.231 e. The fourth-order valence-electron chi connectivity index (χ4n) is 2.30. The van der Waals surface area contributed by atoms with Crippen LogP contribution in [0.25, 0.3) is 0 Å². The lowest BCUT2D eigenvalue weighted by Gasteiger charge is -2.24. The summed E-state index contributed by atoms with van der Waals surface area (Å²) in [6.07, 6.45) is 0.780. The number of hydrogen-bond donors (Lipinski definition) is 0. The average Bonchev–Trinajstić information content (AvgIpc) is 2.54. The number of nitrogens with zero attached hydrogens (tertiary/aromatic N) is 2. The molecule has 1 aromatic carbocycles. The van der Waals surface area contributed by atoms with Gasteiger partial charge in [0, 0.05) is 20.2 Å². The molecule has 0 aliphatic carbocycles. The summed E-state index contributed by atoms with van der Waals surface area (Å²) in [6, 6.07) is 7.45. The normalized spacial score (nSPS) is 19.1. The first-order valence-corrected chi connectivity index (χ1v) is 6.30. The number of hydrogen-bond acceptors (Lipinski definition) is 3. The van der Waals surface area contributed by atoms with Crippen molar-refractivity contribution in [3.8, 4) is 0 Å². The van der Waals surface area contributed by atoms with Gasteiger partial charge in [0.1, 0.15) is 0 Å². The maximum absolute atomic E-state index is 12.4. The van der Waals surface area contributed by atoms with Gasteiger partial charge in [-0.1, -0.05) is 19.1 Å². The Labute approximate surface area is 112 Å². The van der Waals surface area contributed by atoms with Gasteiger partial charge in [-0.05, 0) is 12.1 Å². The highest BCUT2D eigenvalue weighted by Crippen LogP contribution is 2.32. The van der Waals surface area contributed by atoms with Gasteiger partial charge in [-0.2, -0.15) is 0 Å². The molecule has 2 amide bonds. The number of anilines is 2. The lowest BCUT2D eigenvalue weighted by atomic mass is 10.1. The summed E-state index contributed by atoms with van der Waals surface area (Å²) in [4.78, 5) is 26.9. The topological polar surface area (TPSA) is 49.9 Å². The number of carbonyl (C=O) groups is 2. The van der Waals surface area contributed by atoms with E-state index in [1.807, 2.05) is 31.2 Å². The van der Waals surface area contributed by atoms with E-state index in [-0.39, 0.29) is 11.8 Å². The third-order valence-electron chi connectivity index (χ3n) is 3.29. The summed E-state index contributed by atoms with van der Waals surface area (Å²) in [5.41, 5.74) is 1.53. The molecule has 0 aromatic heterocycles. The van der Waals surface area contributed by atoms with Crippen molar-refractivity contribution in [2.24, 2.45) is 5.92 Å². The molecule has 102 valence electrons. The molecular weight excluding hydrogens is 244 g/mol. The zero-order valence-electron chi connectivity index (χ0n) is 11.2. The Bertz CT molecular complexity index is 476. The minimum Gasteiger partial charge on any atom is -0.383 e. The van der Waals surface area contributed by atoms with Crippen LogP contribution in [0.2, 0.25) is 0 Å². The van der Waals surface area contributed by atoms with Crippen LogP contribution in [0.1, 0.15) is 6.92 Å². The first kappa shape index (κ1) is 13.5. The predicted molar refractivity (Wildman–Crippen MR) is 73.2 cm³/mol. The van der Waals surface area contributed by atoms with Crippen LogP contribution >= 0.6 is 0 Å². The number of ether oxygens (including phenoxy) is 1. The highest BCUT2D eigenvalue weighted by Gasteiger charge is 2.30. The summed E-state index contributed by atoms with van der Waals surface area (Å²) in [6.45, 7) is 3.20. The highest BCUT2D eigenvalue weighted by molar-refractivity contribution is 6.02. The number of amides is 2. The fraction of sp³-hybridized carbons (Fsp3) is 0.429. The Kier molecular flexibility index (Phi) is 4.16. The predicted octanol–water partition coefficient (Wildman–Crippen LogP) is 1.28. The molecule has 0 saturated heterocycles. The van der Waals surface area contributed by atoms with E-state index in [4.69, 9.17) is 4.74 Å². The lowest BCUT2D eigenvalue weighted by Crippen LogP contribution is -2.38. The molecule has 0 radical (unpaired) electrons. The second-order valence-corrected chi connectivity index (χ2v) is 4.63. The van der Waals surface area contributed by atoms with Crippen LogP contribution in [0.15, 0.2) is 24.3 Å². The van der Waals surface area contributed by atoms with Crippen molar-refractivity contribution < 1.29 is 14.3 Å². The average molecular weight is 262 g/mol. The second kappa shape index (κ2) is 5.84. The van der Waals surface area contributed by atoms with E-state index < -0.39 is 0 Å². The number of rotatable bonds is 4. The van der Waals surface area contributed by atoms with Crippen LogP contribution in [-0.2, 0) is 14.3 Å². The van der Waals surface area contributed by atoms with Crippen molar-refractivity contribution in [3.63, 3.8) is 0 Å². The van der Waals surface area contributed by atoms with Crippen molar-refractivity contribution in [3.05, 3.63) is 24.3 Å². The maximum atomic E-state index is 12.4. The van der Waals surface area contributed by atoms with Crippen molar-refractivity contribution in [2.45, 2.75) is 6.92 Å². The van der Waals surface area contributed by atoms with Crippen molar-refractivity contribution in [2.75, 3.05) is 36.6 Å². The quantitative estimate of drug-likeness (QED) is 0.768. The van der Waals surface area contributed by atoms with Crippen molar-refractivity contribution >= 4 is 23.7 Å². The largest absolute Gasteiger partial charge is 0.383 e. The first-order chi connectivity index (χ1) is 9.19. The zero-order chi connectivity index (χ0) is 13.8. The van der Waals surface area contributed by atoms with Crippen LogP contribution in [0.5, 0.6) is 0 Å². The number of methoxy groups -OCH3 is 1. The molecule has 1 atom stereocenters. The molecule has 0 saturated carbocycles. The molecule has 0 N–H and O–H groups in total. The molecule has 5 nitrogen and oxygen atoms in total. The molecule has 0 spiro atoms. The summed E-state index contributed by atoms with van der Waals surface area (Å²) in [7, 11) is 1.61. The molecular formula is C14H18N2O3. The molecule has 5 heteroatoms. The van der Waals surface area contributed by atoms with Crippen LogP contribution in [-0.4, -0.2) is 39.1 Å². The number of fused-ring (bicyclic) bond motifs is 1. The van der Waals surface area contributed by atoms with Gasteiger partial charge in [0.05, 0.1) is 23.9 Å². The molecule has 0 fully saturated rings. The van der Waals surface area contributed by atoms with Gasteiger partial charge < -0.3 is 14.5 Å². The third kappa shape index (κ3) is 2.61. The Morgan fingerprint density at radius 2 is 2.05 bits per heavy atom. The van der Waals surface area contributed by atoms with Crippen molar-refractivity contribution in [1.29, 1.82) is 0 Å². The summed E-state index contributed by atoms with van der Waals surface area (Å²) in [5.74, 6) is -0.205. The molecule has 2 rings (SSSR count). The Hall–Kier alpha value is -1.88. The van der Waals surface area contributed by atoms with E-state index in [1.54, 1.807) is 16.9 Å². The summed E-state index contributed by atoms with van der Waals surface area (Å²) < 4.78 is 5.06. The first-order valence-electron chi connectivity index (χ1n) is 6.30. The van der Waals surface area contributed by atoms with E-state index in [0.29, 0.717) is 19.7 Å². The Morgan fingerprint density at radius 3 is 2.68 bits per heavy atom.